The second-order valence-electron chi connectivity index (χ2n) is 9.82. The predicted molar refractivity (Wildman–Crippen MR) is 146 cm³/mol. The van der Waals surface area contributed by atoms with E-state index in [1.807, 2.05) is 0 Å². The molecule has 0 atom stereocenters. The fourth-order valence-corrected chi connectivity index (χ4v) is 4.90. The number of esters is 1. The Hall–Kier alpha value is -4.06. The Morgan fingerprint density at radius 2 is 1.83 bits per heavy atom. The minimum Gasteiger partial charge on any atom is -0.490 e. The zero-order valence-electron chi connectivity index (χ0n) is 22.2. The Labute approximate surface area is 238 Å². The van der Waals surface area contributed by atoms with Gasteiger partial charge in [0.05, 0.1) is 17.1 Å². The van der Waals surface area contributed by atoms with Gasteiger partial charge in [-0.05, 0) is 67.9 Å². The molecule has 218 valence electrons. The van der Waals surface area contributed by atoms with Crippen molar-refractivity contribution in [2.75, 3.05) is 13.2 Å². The van der Waals surface area contributed by atoms with Crippen LogP contribution in [-0.4, -0.2) is 47.0 Å². The summed E-state index contributed by atoms with van der Waals surface area (Å²) in [6.45, 7) is 1.11. The summed E-state index contributed by atoms with van der Waals surface area (Å²) in [5.41, 5.74) is -0.0993. The van der Waals surface area contributed by atoms with Crippen LogP contribution in [-0.2, 0) is 20.9 Å². The van der Waals surface area contributed by atoms with Crippen molar-refractivity contribution >= 4 is 40.3 Å². The minimum atomic E-state index is -0.732. The summed E-state index contributed by atoms with van der Waals surface area (Å²) in [6, 6.07) is 6.42. The Kier molecular flexibility index (Phi) is 9.87. The number of nitrogens with one attached hydrogen (secondary N) is 3. The number of rotatable bonds is 10. The maximum atomic E-state index is 14.7. The third-order valence-corrected chi connectivity index (χ3v) is 7.11. The van der Waals surface area contributed by atoms with Gasteiger partial charge in [0.25, 0.3) is 17.4 Å². The van der Waals surface area contributed by atoms with Gasteiger partial charge in [0.2, 0.25) is 0 Å². The number of fused-ring (bicyclic) bond motifs is 1. The number of carbonyl (C=O) groups is 3. The lowest BCUT2D eigenvalue weighted by Crippen LogP contribution is -2.39. The zero-order valence-corrected chi connectivity index (χ0v) is 23.0. The molecular formula is C28H29ClF2N4O6. The van der Waals surface area contributed by atoms with E-state index in [1.54, 1.807) is 0 Å². The quantitative estimate of drug-likeness (QED) is 0.305. The van der Waals surface area contributed by atoms with E-state index in [2.05, 4.69) is 20.6 Å². The van der Waals surface area contributed by atoms with Crippen LogP contribution >= 0.6 is 11.6 Å². The van der Waals surface area contributed by atoms with Crippen LogP contribution in [0, 0.1) is 17.6 Å². The molecule has 1 fully saturated rings. The third-order valence-electron chi connectivity index (χ3n) is 6.82. The fraction of sp³-hybridized carbons (Fsp3) is 0.393. The number of hydrogen-bond acceptors (Lipinski definition) is 7. The predicted octanol–water partition coefficient (Wildman–Crippen LogP) is 3.79. The van der Waals surface area contributed by atoms with Gasteiger partial charge in [0, 0.05) is 19.5 Å². The molecule has 1 aliphatic rings. The van der Waals surface area contributed by atoms with Gasteiger partial charge in [-0.1, -0.05) is 17.7 Å². The number of nitrogens with zero attached hydrogens (tertiary/aromatic N) is 1. The maximum Gasteiger partial charge on any atom is 0.303 e. The van der Waals surface area contributed by atoms with E-state index in [-0.39, 0.29) is 65.1 Å². The summed E-state index contributed by atoms with van der Waals surface area (Å²) >= 11 is 5.76. The number of ether oxygens (including phenoxy) is 2. The van der Waals surface area contributed by atoms with E-state index in [0.29, 0.717) is 12.0 Å². The second-order valence-corrected chi connectivity index (χ2v) is 10.2. The highest BCUT2D eigenvalue weighted by Crippen LogP contribution is 2.29. The number of carbonyl (C=O) groups excluding carboxylic acids is 3. The highest BCUT2D eigenvalue weighted by Gasteiger charge is 2.23. The van der Waals surface area contributed by atoms with Crippen LogP contribution in [0.25, 0.3) is 10.9 Å². The smallest absolute Gasteiger partial charge is 0.303 e. The van der Waals surface area contributed by atoms with Crippen molar-refractivity contribution < 1.29 is 32.6 Å². The first-order chi connectivity index (χ1) is 19.6. The van der Waals surface area contributed by atoms with Gasteiger partial charge in [-0.2, -0.15) is 0 Å². The molecule has 0 unspecified atom stereocenters. The number of aromatic amines is 1. The van der Waals surface area contributed by atoms with Gasteiger partial charge in [0.1, 0.15) is 11.2 Å². The number of hydrogen-bond donors (Lipinski definition) is 3. The molecule has 1 aromatic heterocycles. The van der Waals surface area contributed by atoms with E-state index < -0.39 is 29.1 Å². The summed E-state index contributed by atoms with van der Waals surface area (Å²) in [7, 11) is 0. The van der Waals surface area contributed by atoms with Crippen molar-refractivity contribution in [3.63, 3.8) is 0 Å². The topological polar surface area (TPSA) is 139 Å². The Bertz CT molecular complexity index is 1510. The van der Waals surface area contributed by atoms with Crippen LogP contribution in [0.1, 0.15) is 55.2 Å². The maximum absolute atomic E-state index is 14.7. The fourth-order valence-electron chi connectivity index (χ4n) is 4.70. The summed E-state index contributed by atoms with van der Waals surface area (Å²) in [6.07, 6.45) is 3.77. The number of H-pyrrole nitrogens is 1. The third kappa shape index (κ3) is 8.00. The first kappa shape index (κ1) is 29.9. The minimum absolute atomic E-state index is 0.00439. The summed E-state index contributed by atoms with van der Waals surface area (Å²) in [5.74, 6) is -3.07. The van der Waals surface area contributed by atoms with Crippen LogP contribution in [0.15, 0.2) is 35.1 Å². The van der Waals surface area contributed by atoms with Gasteiger partial charge in [-0.15, -0.1) is 0 Å². The summed E-state index contributed by atoms with van der Waals surface area (Å²) in [4.78, 5) is 54.7. The lowest BCUT2D eigenvalue weighted by Gasteiger charge is -2.29. The van der Waals surface area contributed by atoms with Crippen molar-refractivity contribution in [2.24, 2.45) is 5.92 Å². The normalized spacial score (nSPS) is 16.7. The molecule has 13 heteroatoms. The number of aromatic nitrogens is 2. The van der Waals surface area contributed by atoms with E-state index >= 15 is 0 Å². The lowest BCUT2D eigenvalue weighted by atomic mass is 9.84. The van der Waals surface area contributed by atoms with Crippen molar-refractivity contribution in [1.29, 1.82) is 0 Å². The van der Waals surface area contributed by atoms with Gasteiger partial charge in [-0.3, -0.25) is 19.2 Å². The molecule has 3 N–H and O–H groups in total. The molecule has 0 radical (unpaired) electrons. The molecule has 0 aliphatic heterocycles. The van der Waals surface area contributed by atoms with E-state index in [0.717, 1.165) is 31.7 Å². The van der Waals surface area contributed by atoms with Gasteiger partial charge in [-0.25, -0.2) is 13.8 Å². The van der Waals surface area contributed by atoms with Crippen LogP contribution < -0.4 is 20.9 Å². The van der Waals surface area contributed by atoms with Crippen molar-refractivity contribution in [2.45, 2.75) is 51.6 Å². The average Bonchev–Trinajstić information content (AvgIpc) is 2.94. The molecule has 10 nitrogen and oxygen atoms in total. The van der Waals surface area contributed by atoms with Gasteiger partial charge < -0.3 is 25.1 Å². The monoisotopic (exact) mass is 590 g/mol. The van der Waals surface area contributed by atoms with Crippen LogP contribution in [0.4, 0.5) is 8.78 Å². The second kappa shape index (κ2) is 13.5. The van der Waals surface area contributed by atoms with Crippen molar-refractivity contribution in [3.8, 4) is 5.75 Å². The molecule has 2 amide bonds. The largest absolute Gasteiger partial charge is 0.490 e. The van der Waals surface area contributed by atoms with Crippen LogP contribution in [0.2, 0.25) is 5.02 Å². The number of benzene rings is 2. The van der Waals surface area contributed by atoms with E-state index in [1.165, 1.54) is 31.2 Å². The first-order valence-corrected chi connectivity index (χ1v) is 13.5. The highest BCUT2D eigenvalue weighted by atomic mass is 35.5. The van der Waals surface area contributed by atoms with E-state index in [9.17, 15) is 28.0 Å². The van der Waals surface area contributed by atoms with Crippen molar-refractivity contribution in [3.05, 3.63) is 68.7 Å². The highest BCUT2D eigenvalue weighted by molar-refractivity contribution is 6.30. The molecule has 0 bridgehead atoms. The van der Waals surface area contributed by atoms with Crippen LogP contribution in [0.3, 0.4) is 0 Å². The molecule has 3 aromatic rings. The standard InChI is InChI=1S/C28H29ClF2N4O6/c1-15(36)41-14-23(37)33-18-5-2-16(3-6-18)10-11-40-25-21(31)8-9-22-24(25)27(38)35-26(34-22)28(39)32-13-17-4-7-20(30)19(29)12-17/h4,7-9,12,16,18H,2-3,5-6,10-11,13-14H2,1H3,(H,32,39)(H,33,37)(H,34,35,38). The summed E-state index contributed by atoms with van der Waals surface area (Å²) < 4.78 is 38.4. The molecule has 1 heterocycles. The average molecular weight is 591 g/mol. The molecular weight excluding hydrogens is 562 g/mol. The summed E-state index contributed by atoms with van der Waals surface area (Å²) in [5, 5.41) is 5.24. The first-order valence-electron chi connectivity index (χ1n) is 13.1. The van der Waals surface area contributed by atoms with Gasteiger partial charge in [0.15, 0.2) is 24.0 Å². The zero-order chi connectivity index (χ0) is 29.5. The Morgan fingerprint density at radius 3 is 2.54 bits per heavy atom. The molecule has 41 heavy (non-hydrogen) atoms. The van der Waals surface area contributed by atoms with Crippen LogP contribution in [0.5, 0.6) is 5.75 Å². The molecule has 1 aliphatic carbocycles. The Balaban J connectivity index is 1.33. The SMILES string of the molecule is CC(=O)OCC(=O)NC1CCC(CCOc2c(F)ccc3nc(C(=O)NCc4ccc(F)c(Cl)c4)[nH]c(=O)c23)CC1. The molecule has 1 saturated carbocycles. The van der Waals surface area contributed by atoms with E-state index in [4.69, 9.17) is 21.1 Å². The number of halogens is 3. The molecule has 0 spiro atoms. The van der Waals surface area contributed by atoms with Crippen molar-refractivity contribution in [1.82, 2.24) is 20.6 Å². The molecule has 0 saturated heterocycles. The Morgan fingerprint density at radius 1 is 1.10 bits per heavy atom. The molecule has 4 rings (SSSR count). The van der Waals surface area contributed by atoms with Gasteiger partial charge >= 0.3 is 5.97 Å². The molecule has 2 aromatic carbocycles. The lowest BCUT2D eigenvalue weighted by molar-refractivity contribution is -0.146. The number of amides is 2.